The fourth-order valence-electron chi connectivity index (χ4n) is 4.19. The number of methoxy groups -OCH3 is 2. The van der Waals surface area contributed by atoms with Gasteiger partial charge in [0.05, 0.1) is 14.2 Å². The monoisotopic (exact) mass is 431 g/mol. The normalized spacial score (nSPS) is 20.0. The summed E-state index contributed by atoms with van der Waals surface area (Å²) in [4.78, 5) is 20.6. The molecule has 0 bridgehead atoms. The molecule has 0 aromatic heterocycles. The molecule has 1 unspecified atom stereocenters. The lowest BCUT2D eigenvalue weighted by Gasteiger charge is -2.22. The summed E-state index contributed by atoms with van der Waals surface area (Å²) in [5, 5.41) is 7.12. The Morgan fingerprint density at radius 3 is 2.32 bits per heavy atom. The number of ether oxygens (including phenoxy) is 2. The fraction of sp³-hybridized carbons (Fsp3) is 0.652. The Morgan fingerprint density at radius 1 is 1.06 bits per heavy atom. The van der Waals surface area contributed by atoms with Gasteiger partial charge in [0.15, 0.2) is 5.96 Å². The Balaban J connectivity index is 1.58. The molecule has 0 radical (unpaired) electrons. The molecular weight excluding hydrogens is 394 g/mol. The first kappa shape index (κ1) is 23.2. The highest BCUT2D eigenvalue weighted by Gasteiger charge is 2.25. The van der Waals surface area contributed by atoms with Crippen molar-refractivity contribution in [3.05, 3.63) is 23.8 Å². The third kappa shape index (κ3) is 7.02. The maximum Gasteiger partial charge on any atom is 0.243 e. The van der Waals surface area contributed by atoms with Gasteiger partial charge in [0.25, 0.3) is 0 Å². The largest absolute Gasteiger partial charge is 0.497 e. The maximum atomic E-state index is 12.0. The molecule has 2 fully saturated rings. The summed E-state index contributed by atoms with van der Waals surface area (Å²) in [5.41, 5.74) is 1.17. The first-order chi connectivity index (χ1) is 15.0. The Hall–Kier alpha value is -2.48. The third-order valence-electron chi connectivity index (χ3n) is 6.00. The third-order valence-corrected chi connectivity index (χ3v) is 6.00. The molecule has 0 spiro atoms. The summed E-state index contributed by atoms with van der Waals surface area (Å²) in [6, 6.07) is 6.76. The van der Waals surface area contributed by atoms with Gasteiger partial charge in [-0.1, -0.05) is 12.8 Å². The summed E-state index contributed by atoms with van der Waals surface area (Å²) in [6.45, 7) is 2.93. The van der Waals surface area contributed by atoms with Crippen LogP contribution in [0.15, 0.2) is 23.2 Å². The van der Waals surface area contributed by atoms with E-state index in [4.69, 9.17) is 9.47 Å². The van der Waals surface area contributed by atoms with Gasteiger partial charge < -0.3 is 25.0 Å². The Bertz CT molecular complexity index is 739. The number of carbonyl (C=O) groups excluding carboxylic acids is 1. The van der Waals surface area contributed by atoms with Crippen molar-refractivity contribution in [2.24, 2.45) is 4.99 Å². The molecule has 1 aromatic carbocycles. The van der Waals surface area contributed by atoms with Crippen LogP contribution < -0.4 is 20.1 Å². The number of carbonyl (C=O) groups is 1. The Kier molecular flexibility index (Phi) is 8.40. The van der Waals surface area contributed by atoms with Crippen LogP contribution in [0.2, 0.25) is 0 Å². The lowest BCUT2D eigenvalue weighted by molar-refractivity contribution is -0.127. The van der Waals surface area contributed by atoms with Gasteiger partial charge in [0, 0.05) is 51.9 Å². The SMILES string of the molecule is COc1cc(CN2CCC(NC(=NCC(=O)N(C)C)NC3CCCC3)C2)cc(OC)c1. The van der Waals surface area contributed by atoms with Crippen LogP contribution in [-0.2, 0) is 11.3 Å². The van der Waals surface area contributed by atoms with E-state index in [9.17, 15) is 4.79 Å². The summed E-state index contributed by atoms with van der Waals surface area (Å²) in [5.74, 6) is 2.39. The molecule has 2 aliphatic rings. The van der Waals surface area contributed by atoms with Crippen LogP contribution >= 0.6 is 0 Å². The van der Waals surface area contributed by atoms with Crippen LogP contribution in [0.4, 0.5) is 0 Å². The van der Waals surface area contributed by atoms with Gasteiger partial charge >= 0.3 is 0 Å². The quantitative estimate of drug-likeness (QED) is 0.483. The predicted molar refractivity (Wildman–Crippen MR) is 123 cm³/mol. The van der Waals surface area contributed by atoms with Crippen molar-refractivity contribution in [1.29, 1.82) is 0 Å². The van der Waals surface area contributed by atoms with Crippen LogP contribution in [0.3, 0.4) is 0 Å². The molecule has 1 heterocycles. The minimum Gasteiger partial charge on any atom is -0.497 e. The minimum atomic E-state index is 0.00698. The second-order valence-electron chi connectivity index (χ2n) is 8.66. The summed E-state index contributed by atoms with van der Waals surface area (Å²) < 4.78 is 10.8. The molecule has 3 rings (SSSR count). The van der Waals surface area contributed by atoms with Crippen LogP contribution in [0, 0.1) is 0 Å². The predicted octanol–water partition coefficient (Wildman–Crippen LogP) is 1.84. The number of benzene rings is 1. The van der Waals surface area contributed by atoms with Gasteiger partial charge in [-0.2, -0.15) is 0 Å². The molecule has 8 heteroatoms. The van der Waals surface area contributed by atoms with E-state index in [-0.39, 0.29) is 12.5 Å². The standard InChI is InChI=1S/C23H37N5O3/c1-27(2)22(29)14-24-23(25-18-7-5-6-8-18)26-19-9-10-28(16-19)15-17-11-20(30-3)13-21(12-17)31-4/h11-13,18-19H,5-10,14-16H2,1-4H3,(H2,24,25,26). The molecule has 1 amide bonds. The van der Waals surface area contributed by atoms with Crippen molar-refractivity contribution in [3.8, 4) is 11.5 Å². The highest BCUT2D eigenvalue weighted by atomic mass is 16.5. The number of amides is 1. The van der Waals surface area contributed by atoms with E-state index < -0.39 is 0 Å². The van der Waals surface area contributed by atoms with Gasteiger partial charge in [-0.3, -0.25) is 9.69 Å². The molecule has 8 nitrogen and oxygen atoms in total. The van der Waals surface area contributed by atoms with Gasteiger partial charge in [-0.05, 0) is 37.0 Å². The van der Waals surface area contributed by atoms with E-state index in [1.165, 1.54) is 18.4 Å². The van der Waals surface area contributed by atoms with Crippen LogP contribution in [0.5, 0.6) is 11.5 Å². The van der Waals surface area contributed by atoms with Crippen LogP contribution in [0.1, 0.15) is 37.7 Å². The highest BCUT2D eigenvalue weighted by molar-refractivity contribution is 5.85. The van der Waals surface area contributed by atoms with Crippen molar-refractivity contribution in [3.63, 3.8) is 0 Å². The maximum absolute atomic E-state index is 12.0. The Labute approximate surface area is 186 Å². The zero-order chi connectivity index (χ0) is 22.2. The molecule has 1 aromatic rings. The smallest absolute Gasteiger partial charge is 0.243 e. The van der Waals surface area contributed by atoms with Gasteiger partial charge in [-0.15, -0.1) is 0 Å². The Morgan fingerprint density at radius 2 is 1.71 bits per heavy atom. The highest BCUT2D eigenvalue weighted by Crippen LogP contribution is 2.24. The van der Waals surface area contributed by atoms with Crippen molar-refractivity contribution in [2.75, 3.05) is 47.9 Å². The average Bonchev–Trinajstić information content (AvgIpc) is 3.43. The summed E-state index contributed by atoms with van der Waals surface area (Å²) >= 11 is 0. The summed E-state index contributed by atoms with van der Waals surface area (Å²) in [6.07, 6.45) is 5.87. The fourth-order valence-corrected chi connectivity index (χ4v) is 4.19. The zero-order valence-electron chi connectivity index (χ0n) is 19.3. The van der Waals surface area contributed by atoms with Crippen molar-refractivity contribution in [1.82, 2.24) is 20.4 Å². The first-order valence-corrected chi connectivity index (χ1v) is 11.2. The van der Waals surface area contributed by atoms with Crippen LogP contribution in [-0.4, -0.2) is 81.7 Å². The van der Waals surface area contributed by atoms with E-state index in [0.29, 0.717) is 12.1 Å². The number of aliphatic imine (C=N–C) groups is 1. The number of likely N-dealkylation sites (tertiary alicyclic amines) is 1. The molecular formula is C23H37N5O3. The van der Waals surface area contributed by atoms with Crippen molar-refractivity contribution in [2.45, 2.75) is 50.7 Å². The van der Waals surface area contributed by atoms with Crippen molar-refractivity contribution < 1.29 is 14.3 Å². The van der Waals surface area contributed by atoms with Crippen LogP contribution in [0.25, 0.3) is 0 Å². The number of nitrogens with zero attached hydrogens (tertiary/aromatic N) is 3. The van der Waals surface area contributed by atoms with E-state index in [1.54, 1.807) is 33.2 Å². The second kappa shape index (κ2) is 11.2. The van der Waals surface area contributed by atoms with Gasteiger partial charge in [0.2, 0.25) is 5.91 Å². The van der Waals surface area contributed by atoms with Crippen molar-refractivity contribution >= 4 is 11.9 Å². The number of rotatable bonds is 8. The zero-order valence-corrected chi connectivity index (χ0v) is 19.3. The van der Waals surface area contributed by atoms with E-state index >= 15 is 0 Å². The summed E-state index contributed by atoms with van der Waals surface area (Å²) in [7, 11) is 6.87. The molecule has 1 aliphatic heterocycles. The average molecular weight is 432 g/mol. The number of hydrogen-bond donors (Lipinski definition) is 2. The lowest BCUT2D eigenvalue weighted by Crippen LogP contribution is -2.48. The van der Waals surface area contributed by atoms with Gasteiger partial charge in [-0.25, -0.2) is 4.99 Å². The molecule has 2 N–H and O–H groups in total. The number of hydrogen-bond acceptors (Lipinski definition) is 5. The topological polar surface area (TPSA) is 78.4 Å². The molecule has 31 heavy (non-hydrogen) atoms. The molecule has 1 saturated heterocycles. The van der Waals surface area contributed by atoms with Gasteiger partial charge in [0.1, 0.15) is 18.0 Å². The minimum absolute atomic E-state index is 0.00698. The molecule has 1 atom stereocenters. The lowest BCUT2D eigenvalue weighted by atomic mass is 10.2. The van der Waals surface area contributed by atoms with E-state index in [1.807, 2.05) is 6.07 Å². The number of guanidine groups is 1. The first-order valence-electron chi connectivity index (χ1n) is 11.2. The molecule has 1 aliphatic carbocycles. The van der Waals surface area contributed by atoms with E-state index in [0.717, 1.165) is 56.4 Å². The number of likely N-dealkylation sites (N-methyl/N-ethyl adjacent to an activating group) is 1. The number of nitrogens with one attached hydrogen (secondary N) is 2. The molecule has 1 saturated carbocycles. The molecule has 172 valence electrons. The second-order valence-corrected chi connectivity index (χ2v) is 8.66. The van der Waals surface area contributed by atoms with E-state index in [2.05, 4.69) is 32.7 Å².